The first-order valence-corrected chi connectivity index (χ1v) is 10.6. The monoisotopic (exact) mass is 426 g/mol. The van der Waals surface area contributed by atoms with Gasteiger partial charge in [0.15, 0.2) is 0 Å². The number of aryl methyl sites for hydroxylation is 2. The SMILES string of the molecule is [CH2]CCCCCCC[C](OOC(=O)c1ccc(C)cc1)OOC(=O)c1ccc(C)cc1. The molecule has 6 heteroatoms. The van der Waals surface area contributed by atoms with Crippen LogP contribution in [0.5, 0.6) is 0 Å². The maximum absolute atomic E-state index is 12.2. The highest BCUT2D eigenvalue weighted by Crippen LogP contribution is 2.19. The molecule has 0 fully saturated rings. The van der Waals surface area contributed by atoms with Gasteiger partial charge in [-0.2, -0.15) is 0 Å². The van der Waals surface area contributed by atoms with E-state index in [0.717, 1.165) is 49.7 Å². The summed E-state index contributed by atoms with van der Waals surface area (Å²) in [6, 6.07) is 13.8. The zero-order valence-electron chi connectivity index (χ0n) is 18.2. The van der Waals surface area contributed by atoms with E-state index in [1.54, 1.807) is 48.5 Å². The maximum Gasteiger partial charge on any atom is 0.373 e. The van der Waals surface area contributed by atoms with Crippen molar-refractivity contribution in [2.45, 2.75) is 58.8 Å². The van der Waals surface area contributed by atoms with Gasteiger partial charge in [-0.3, -0.25) is 9.78 Å². The zero-order chi connectivity index (χ0) is 22.5. The van der Waals surface area contributed by atoms with Gasteiger partial charge < -0.3 is 0 Å². The van der Waals surface area contributed by atoms with Crippen molar-refractivity contribution in [1.29, 1.82) is 0 Å². The molecule has 2 radical (unpaired) electrons. The van der Waals surface area contributed by atoms with E-state index in [2.05, 4.69) is 6.92 Å². The van der Waals surface area contributed by atoms with Crippen LogP contribution in [0.3, 0.4) is 0 Å². The van der Waals surface area contributed by atoms with Gasteiger partial charge in [0.2, 0.25) is 0 Å². The lowest BCUT2D eigenvalue weighted by atomic mass is 10.1. The molecule has 0 aliphatic carbocycles. The molecule has 2 aromatic rings. The first-order valence-electron chi connectivity index (χ1n) is 10.6. The molecule has 0 atom stereocenters. The average molecular weight is 427 g/mol. The third kappa shape index (κ3) is 9.32. The van der Waals surface area contributed by atoms with Gasteiger partial charge in [0.05, 0.1) is 11.1 Å². The Bertz CT molecular complexity index is 736. The van der Waals surface area contributed by atoms with Crippen LogP contribution in [0.1, 0.15) is 76.8 Å². The van der Waals surface area contributed by atoms with Crippen molar-refractivity contribution in [2.75, 3.05) is 0 Å². The van der Waals surface area contributed by atoms with E-state index in [0.29, 0.717) is 17.5 Å². The molecule has 0 amide bonds. The molecular weight excluding hydrogens is 396 g/mol. The quantitative estimate of drug-likeness (QED) is 0.215. The van der Waals surface area contributed by atoms with Crippen molar-refractivity contribution in [1.82, 2.24) is 0 Å². The van der Waals surface area contributed by atoms with Crippen LogP contribution in [-0.4, -0.2) is 11.9 Å². The molecule has 6 nitrogen and oxygen atoms in total. The molecule has 0 saturated carbocycles. The van der Waals surface area contributed by atoms with Crippen LogP contribution in [0.4, 0.5) is 0 Å². The van der Waals surface area contributed by atoms with Crippen molar-refractivity contribution in [3.8, 4) is 0 Å². The van der Waals surface area contributed by atoms with Crippen LogP contribution in [0.15, 0.2) is 48.5 Å². The van der Waals surface area contributed by atoms with E-state index in [9.17, 15) is 9.59 Å². The molecule has 166 valence electrons. The predicted molar refractivity (Wildman–Crippen MR) is 116 cm³/mol. The molecule has 0 N–H and O–H groups in total. The Labute approximate surface area is 184 Å². The van der Waals surface area contributed by atoms with Gasteiger partial charge in [-0.15, -0.1) is 9.78 Å². The minimum atomic E-state index is -0.665. The van der Waals surface area contributed by atoms with Gasteiger partial charge in [-0.1, -0.05) is 74.4 Å². The molecule has 2 aromatic carbocycles. The molecule has 0 spiro atoms. The van der Waals surface area contributed by atoms with Crippen LogP contribution in [-0.2, 0) is 19.6 Å². The fraction of sp³-hybridized carbons (Fsp3) is 0.360. The third-order valence-corrected chi connectivity index (χ3v) is 4.63. The summed E-state index contributed by atoms with van der Waals surface area (Å²) in [4.78, 5) is 44.3. The number of rotatable bonds is 13. The van der Waals surface area contributed by atoms with Gasteiger partial charge >= 0.3 is 18.2 Å². The summed E-state index contributed by atoms with van der Waals surface area (Å²) in [7, 11) is 0. The number of hydrogen-bond acceptors (Lipinski definition) is 6. The molecule has 0 unspecified atom stereocenters. The van der Waals surface area contributed by atoms with Gasteiger partial charge in [0.25, 0.3) is 0 Å². The van der Waals surface area contributed by atoms with E-state index >= 15 is 0 Å². The van der Waals surface area contributed by atoms with Gasteiger partial charge in [-0.25, -0.2) is 9.59 Å². The largest absolute Gasteiger partial charge is 0.373 e. The van der Waals surface area contributed by atoms with Crippen LogP contribution in [0.25, 0.3) is 0 Å². The van der Waals surface area contributed by atoms with E-state index in [-0.39, 0.29) is 6.29 Å². The second kappa shape index (κ2) is 13.6. The van der Waals surface area contributed by atoms with Gasteiger partial charge in [0, 0.05) is 6.42 Å². The molecule has 31 heavy (non-hydrogen) atoms. The number of benzene rings is 2. The Kier molecular flexibility index (Phi) is 10.8. The summed E-state index contributed by atoms with van der Waals surface area (Å²) in [6.45, 7) is 7.67. The molecule has 0 bridgehead atoms. The van der Waals surface area contributed by atoms with Crippen LogP contribution >= 0.6 is 0 Å². The van der Waals surface area contributed by atoms with Gasteiger partial charge in [-0.05, 0) is 44.5 Å². The minimum Gasteiger partial charge on any atom is -0.289 e. The van der Waals surface area contributed by atoms with Crippen molar-refractivity contribution < 1.29 is 29.1 Å². The lowest BCUT2D eigenvalue weighted by Crippen LogP contribution is -2.16. The summed E-state index contributed by atoms with van der Waals surface area (Å²) < 4.78 is 0. The van der Waals surface area contributed by atoms with Crippen molar-refractivity contribution in [3.63, 3.8) is 0 Å². The Balaban J connectivity index is 1.86. The second-order valence-electron chi connectivity index (χ2n) is 7.38. The number of carbonyl (C=O) groups excluding carboxylic acids is 2. The van der Waals surface area contributed by atoms with Crippen LogP contribution in [0.2, 0.25) is 0 Å². The number of hydrogen-bond donors (Lipinski definition) is 0. The van der Waals surface area contributed by atoms with E-state index < -0.39 is 11.9 Å². The summed E-state index contributed by atoms with van der Waals surface area (Å²) in [5, 5.41) is 0. The average Bonchev–Trinajstić information content (AvgIpc) is 2.78. The Morgan fingerprint density at radius 2 is 1.06 bits per heavy atom. The normalized spacial score (nSPS) is 10.8. The zero-order valence-corrected chi connectivity index (χ0v) is 18.2. The fourth-order valence-corrected chi connectivity index (χ4v) is 2.72. The Morgan fingerprint density at radius 3 is 1.52 bits per heavy atom. The van der Waals surface area contributed by atoms with Gasteiger partial charge in [0.1, 0.15) is 0 Å². The van der Waals surface area contributed by atoms with E-state index in [1.165, 1.54) is 0 Å². The second-order valence-corrected chi connectivity index (χ2v) is 7.38. The summed E-state index contributed by atoms with van der Waals surface area (Å²) in [5.41, 5.74) is 2.73. The van der Waals surface area contributed by atoms with Crippen molar-refractivity contribution in [2.24, 2.45) is 0 Å². The van der Waals surface area contributed by atoms with Crippen LogP contribution < -0.4 is 0 Å². The highest BCUT2D eigenvalue weighted by Gasteiger charge is 2.21. The maximum atomic E-state index is 12.2. The molecule has 0 aromatic heterocycles. The Hall–Kier alpha value is -2.70. The smallest absolute Gasteiger partial charge is 0.289 e. The molecule has 2 rings (SSSR count). The first-order chi connectivity index (χ1) is 15.0. The molecular formula is C25H30O6. The molecule has 0 aliphatic rings. The number of carbonyl (C=O) groups is 2. The summed E-state index contributed by atoms with van der Waals surface area (Å²) >= 11 is 0. The van der Waals surface area contributed by atoms with Crippen molar-refractivity contribution in [3.05, 3.63) is 84.0 Å². The molecule has 0 heterocycles. The third-order valence-electron chi connectivity index (χ3n) is 4.63. The standard InChI is InChI=1S/C25H30O6/c1-4-5-6-7-8-9-10-23(28-30-24(26)21-15-11-19(2)12-16-21)29-31-25(27)22-17-13-20(3)14-18-22/h11-18H,1,4-10H2,2-3H3. The molecule has 0 saturated heterocycles. The lowest BCUT2D eigenvalue weighted by Gasteiger charge is -2.13. The lowest BCUT2D eigenvalue weighted by molar-refractivity contribution is -0.363. The fourth-order valence-electron chi connectivity index (χ4n) is 2.72. The highest BCUT2D eigenvalue weighted by atomic mass is 17.3. The highest BCUT2D eigenvalue weighted by molar-refractivity contribution is 5.89. The summed E-state index contributed by atoms with van der Waals surface area (Å²) in [5.74, 6) is -1.33. The predicted octanol–water partition coefficient (Wildman–Crippen LogP) is 6.23. The van der Waals surface area contributed by atoms with E-state index in [4.69, 9.17) is 19.6 Å². The van der Waals surface area contributed by atoms with Crippen LogP contribution in [0, 0.1) is 27.1 Å². The summed E-state index contributed by atoms with van der Waals surface area (Å²) in [6.07, 6.45) is 6.08. The topological polar surface area (TPSA) is 71.1 Å². The Morgan fingerprint density at radius 1 is 0.645 bits per heavy atom. The number of unbranched alkanes of at least 4 members (excludes halogenated alkanes) is 5. The minimum absolute atomic E-state index is 0.0851. The first kappa shape index (κ1) is 24.6. The molecule has 0 aliphatic heterocycles. The van der Waals surface area contributed by atoms with Crippen molar-refractivity contribution >= 4 is 11.9 Å². The van der Waals surface area contributed by atoms with E-state index in [1.807, 2.05) is 13.8 Å².